The number of likely N-dealkylation sites (tertiary alicyclic amines) is 1. The zero-order valence-corrected chi connectivity index (χ0v) is 11.7. The highest BCUT2D eigenvalue weighted by Gasteiger charge is 2.40. The summed E-state index contributed by atoms with van der Waals surface area (Å²) in [6.45, 7) is 3.90. The number of thioether (sulfide) groups is 1. The van der Waals surface area contributed by atoms with Gasteiger partial charge in [-0.15, -0.1) is 0 Å². The van der Waals surface area contributed by atoms with Gasteiger partial charge in [0.25, 0.3) is 0 Å². The van der Waals surface area contributed by atoms with E-state index in [9.17, 15) is 4.79 Å². The van der Waals surface area contributed by atoms with Crippen LogP contribution in [0.5, 0.6) is 0 Å². The summed E-state index contributed by atoms with van der Waals surface area (Å²) in [6, 6.07) is 0.322. The number of nitrogens with two attached hydrogens (primary N) is 1. The number of nitrogens with zero attached hydrogens (tertiary/aromatic N) is 1. The van der Waals surface area contributed by atoms with Crippen molar-refractivity contribution in [2.24, 2.45) is 23.5 Å². The van der Waals surface area contributed by atoms with Gasteiger partial charge in [0.15, 0.2) is 0 Å². The lowest BCUT2D eigenvalue weighted by Gasteiger charge is -2.29. The maximum atomic E-state index is 12.3. The first-order valence-corrected chi connectivity index (χ1v) is 8.06. The molecule has 4 heteroatoms. The van der Waals surface area contributed by atoms with E-state index in [0.717, 1.165) is 25.3 Å². The van der Waals surface area contributed by atoms with Crippen LogP contribution in [0.15, 0.2) is 0 Å². The predicted molar refractivity (Wildman–Crippen MR) is 72.9 cm³/mol. The van der Waals surface area contributed by atoms with Crippen LogP contribution in [0.1, 0.15) is 26.2 Å². The lowest BCUT2D eigenvalue weighted by atomic mass is 9.78. The number of amides is 1. The minimum absolute atomic E-state index is 0.154. The number of fused-ring (bicyclic) bond motifs is 1. The summed E-state index contributed by atoms with van der Waals surface area (Å²) in [5, 5.41) is 0. The molecule has 2 rings (SSSR count). The van der Waals surface area contributed by atoms with E-state index in [1.165, 1.54) is 12.8 Å². The second-order valence-corrected chi connectivity index (χ2v) is 6.53. The molecular weight excluding hydrogens is 232 g/mol. The van der Waals surface area contributed by atoms with Gasteiger partial charge >= 0.3 is 0 Å². The third kappa shape index (κ3) is 2.79. The highest BCUT2D eigenvalue weighted by molar-refractivity contribution is 7.98. The highest BCUT2D eigenvalue weighted by atomic mass is 32.2. The van der Waals surface area contributed by atoms with Crippen LogP contribution in [0.3, 0.4) is 0 Å². The van der Waals surface area contributed by atoms with E-state index in [2.05, 4.69) is 11.2 Å². The molecule has 2 aliphatic rings. The molecule has 2 fully saturated rings. The van der Waals surface area contributed by atoms with Crippen LogP contribution in [-0.4, -0.2) is 41.9 Å². The number of carbonyl (C=O) groups is 1. The van der Waals surface area contributed by atoms with Crippen LogP contribution < -0.4 is 5.73 Å². The molecule has 4 unspecified atom stereocenters. The van der Waals surface area contributed by atoms with Gasteiger partial charge < -0.3 is 10.6 Å². The van der Waals surface area contributed by atoms with Crippen molar-refractivity contribution in [3.05, 3.63) is 0 Å². The van der Waals surface area contributed by atoms with Crippen LogP contribution in [0, 0.1) is 17.8 Å². The van der Waals surface area contributed by atoms with Gasteiger partial charge in [-0.25, -0.2) is 0 Å². The molecule has 1 saturated carbocycles. The summed E-state index contributed by atoms with van der Waals surface area (Å²) in [7, 11) is 0. The quantitative estimate of drug-likeness (QED) is 0.834. The molecule has 0 aromatic carbocycles. The molecule has 0 aromatic heterocycles. The fraction of sp³-hybridized carbons (Fsp3) is 0.923. The third-order valence-corrected chi connectivity index (χ3v) is 5.14. The minimum atomic E-state index is 0.154. The highest BCUT2D eigenvalue weighted by Crippen LogP contribution is 2.36. The maximum Gasteiger partial charge on any atom is 0.226 e. The molecule has 0 bridgehead atoms. The lowest BCUT2D eigenvalue weighted by molar-refractivity contribution is -0.133. The van der Waals surface area contributed by atoms with E-state index in [1.807, 2.05) is 6.92 Å². The molecule has 0 aromatic rings. The van der Waals surface area contributed by atoms with Crippen molar-refractivity contribution in [1.29, 1.82) is 0 Å². The Bertz CT molecular complexity index is 285. The molecule has 0 radical (unpaired) electrons. The molecule has 4 atom stereocenters. The fourth-order valence-corrected chi connectivity index (χ4v) is 3.97. The van der Waals surface area contributed by atoms with Crippen LogP contribution in [0.4, 0.5) is 0 Å². The van der Waals surface area contributed by atoms with Gasteiger partial charge in [-0.3, -0.25) is 4.79 Å². The molecule has 1 aliphatic carbocycles. The zero-order chi connectivity index (χ0) is 12.4. The van der Waals surface area contributed by atoms with E-state index < -0.39 is 0 Å². The van der Waals surface area contributed by atoms with Gasteiger partial charge in [0, 0.05) is 30.8 Å². The molecule has 1 saturated heterocycles. The average Bonchev–Trinajstić information content (AvgIpc) is 2.73. The van der Waals surface area contributed by atoms with Gasteiger partial charge in [0.2, 0.25) is 5.91 Å². The van der Waals surface area contributed by atoms with Crippen molar-refractivity contribution in [2.75, 3.05) is 25.1 Å². The Morgan fingerprint density at radius 1 is 1.47 bits per heavy atom. The minimum Gasteiger partial charge on any atom is -0.342 e. The first kappa shape index (κ1) is 13.2. The molecule has 17 heavy (non-hydrogen) atoms. The number of hydrogen-bond donors (Lipinski definition) is 1. The fourth-order valence-electron chi connectivity index (χ4n) is 3.33. The normalized spacial score (nSPS) is 34.5. The maximum absolute atomic E-state index is 12.3. The van der Waals surface area contributed by atoms with Gasteiger partial charge in [0.1, 0.15) is 0 Å². The largest absolute Gasteiger partial charge is 0.342 e. The van der Waals surface area contributed by atoms with Crippen LogP contribution in [0.25, 0.3) is 0 Å². The Labute approximate surface area is 108 Å². The zero-order valence-electron chi connectivity index (χ0n) is 10.9. The van der Waals surface area contributed by atoms with Gasteiger partial charge in [0.05, 0.1) is 0 Å². The number of rotatable bonds is 3. The molecule has 1 aliphatic heterocycles. The summed E-state index contributed by atoms with van der Waals surface area (Å²) < 4.78 is 0. The monoisotopic (exact) mass is 256 g/mol. The molecule has 3 nitrogen and oxygen atoms in total. The summed E-state index contributed by atoms with van der Waals surface area (Å²) >= 11 is 1.75. The molecular formula is C13H24N2OS. The Hall–Kier alpha value is -0.220. The second kappa shape index (κ2) is 5.61. The average molecular weight is 256 g/mol. The summed E-state index contributed by atoms with van der Waals surface area (Å²) in [4.78, 5) is 14.3. The number of hydrogen-bond acceptors (Lipinski definition) is 3. The Morgan fingerprint density at radius 3 is 2.88 bits per heavy atom. The van der Waals surface area contributed by atoms with E-state index in [0.29, 0.717) is 23.8 Å². The van der Waals surface area contributed by atoms with Crippen LogP contribution in [0.2, 0.25) is 0 Å². The standard InChI is InChI=1S/C13H24N2OS/c1-9(8-17-2)13(16)15-6-10-4-3-5-12(14)11(10)7-15/h9-12H,3-8,14H2,1-2H3. The molecule has 98 valence electrons. The van der Waals surface area contributed by atoms with E-state index in [1.54, 1.807) is 11.8 Å². The molecule has 1 amide bonds. The van der Waals surface area contributed by atoms with Crippen molar-refractivity contribution < 1.29 is 4.79 Å². The first-order valence-electron chi connectivity index (χ1n) is 6.66. The Kier molecular flexibility index (Phi) is 4.36. The van der Waals surface area contributed by atoms with Crippen LogP contribution >= 0.6 is 11.8 Å². The van der Waals surface area contributed by atoms with E-state index >= 15 is 0 Å². The summed E-state index contributed by atoms with van der Waals surface area (Å²) in [6.07, 6.45) is 5.71. The Morgan fingerprint density at radius 2 is 2.24 bits per heavy atom. The molecule has 1 heterocycles. The van der Waals surface area contributed by atoms with Crippen molar-refractivity contribution in [3.63, 3.8) is 0 Å². The second-order valence-electron chi connectivity index (χ2n) is 5.62. The SMILES string of the molecule is CSCC(C)C(=O)N1CC2CCCC(N)C2C1. The third-order valence-electron chi connectivity index (χ3n) is 4.30. The first-order chi connectivity index (χ1) is 8.13. The van der Waals surface area contributed by atoms with Gasteiger partial charge in [-0.05, 0) is 30.9 Å². The van der Waals surface area contributed by atoms with Gasteiger partial charge in [-0.1, -0.05) is 13.3 Å². The molecule has 2 N–H and O–H groups in total. The van der Waals surface area contributed by atoms with Crippen molar-refractivity contribution in [1.82, 2.24) is 4.90 Å². The van der Waals surface area contributed by atoms with Crippen molar-refractivity contribution >= 4 is 17.7 Å². The smallest absolute Gasteiger partial charge is 0.226 e. The Balaban J connectivity index is 1.94. The van der Waals surface area contributed by atoms with Crippen LogP contribution in [-0.2, 0) is 4.79 Å². The van der Waals surface area contributed by atoms with E-state index in [-0.39, 0.29) is 5.92 Å². The molecule has 0 spiro atoms. The lowest BCUT2D eigenvalue weighted by Crippen LogP contribution is -2.39. The van der Waals surface area contributed by atoms with E-state index in [4.69, 9.17) is 5.73 Å². The predicted octanol–water partition coefficient (Wildman–Crippen LogP) is 1.57. The van der Waals surface area contributed by atoms with Crippen molar-refractivity contribution in [3.8, 4) is 0 Å². The van der Waals surface area contributed by atoms with Crippen molar-refractivity contribution in [2.45, 2.75) is 32.2 Å². The summed E-state index contributed by atoms with van der Waals surface area (Å²) in [5.74, 6) is 2.65. The van der Waals surface area contributed by atoms with Gasteiger partial charge in [-0.2, -0.15) is 11.8 Å². The number of carbonyl (C=O) groups excluding carboxylic acids is 1. The summed E-state index contributed by atoms with van der Waals surface area (Å²) in [5.41, 5.74) is 6.17. The topological polar surface area (TPSA) is 46.3 Å².